The van der Waals surface area contributed by atoms with E-state index >= 15 is 0 Å². The summed E-state index contributed by atoms with van der Waals surface area (Å²) in [6.45, 7) is 1.69. The van der Waals surface area contributed by atoms with Crippen molar-refractivity contribution >= 4 is 5.91 Å². The molecule has 1 aliphatic rings. The normalized spacial score (nSPS) is 17.4. The van der Waals surface area contributed by atoms with E-state index in [1.165, 1.54) is 19.1 Å². The number of amides is 1. The number of furan rings is 1. The summed E-state index contributed by atoms with van der Waals surface area (Å²) in [5, 5.41) is 6.05. The highest BCUT2D eigenvalue weighted by atomic mass is 16.3. The first kappa shape index (κ1) is 10.2. The number of carbonyl (C=O) groups excluding carboxylic acids is 1. The average molecular weight is 208 g/mol. The van der Waals surface area contributed by atoms with Crippen LogP contribution in [-0.2, 0) is 0 Å². The van der Waals surface area contributed by atoms with Crippen molar-refractivity contribution in [2.45, 2.75) is 12.8 Å². The summed E-state index contributed by atoms with van der Waals surface area (Å²) < 4.78 is 5.01. The minimum atomic E-state index is -0.123. The molecule has 2 rings (SSSR count). The molecule has 0 aromatic carbocycles. The van der Waals surface area contributed by atoms with E-state index in [9.17, 15) is 4.79 Å². The molecule has 2 N–H and O–H groups in total. The lowest BCUT2D eigenvalue weighted by molar-refractivity contribution is 0.0917. The van der Waals surface area contributed by atoms with Crippen molar-refractivity contribution in [1.82, 2.24) is 10.6 Å². The zero-order valence-corrected chi connectivity index (χ0v) is 8.88. The minimum Gasteiger partial charge on any atom is -0.459 e. The van der Waals surface area contributed by atoms with Crippen LogP contribution < -0.4 is 10.6 Å². The molecular weight excluding hydrogens is 192 g/mol. The lowest BCUT2D eigenvalue weighted by atomic mass is 10.1. The fraction of sp³-hybridized carbons (Fsp3) is 0.545. The fourth-order valence-corrected chi connectivity index (χ4v) is 1.73. The molecule has 1 saturated carbocycles. The average Bonchev–Trinajstić information content (AvgIpc) is 2.81. The number of rotatable bonds is 5. The van der Waals surface area contributed by atoms with Crippen LogP contribution >= 0.6 is 0 Å². The van der Waals surface area contributed by atoms with Gasteiger partial charge in [-0.3, -0.25) is 4.79 Å². The summed E-state index contributed by atoms with van der Waals surface area (Å²) in [7, 11) is 1.94. The molecule has 1 aromatic heterocycles. The monoisotopic (exact) mass is 208 g/mol. The molecule has 0 radical (unpaired) electrons. The van der Waals surface area contributed by atoms with Crippen molar-refractivity contribution in [2.24, 2.45) is 5.41 Å². The van der Waals surface area contributed by atoms with Gasteiger partial charge in [0.25, 0.3) is 5.91 Å². The maximum absolute atomic E-state index is 11.6. The van der Waals surface area contributed by atoms with E-state index in [0.717, 1.165) is 13.1 Å². The lowest BCUT2D eigenvalue weighted by Gasteiger charge is -2.14. The topological polar surface area (TPSA) is 54.3 Å². The summed E-state index contributed by atoms with van der Waals surface area (Å²) in [5.74, 6) is 0.262. The van der Waals surface area contributed by atoms with Crippen LogP contribution in [0, 0.1) is 5.41 Å². The smallest absolute Gasteiger partial charge is 0.286 e. The summed E-state index contributed by atoms with van der Waals surface area (Å²) in [4.78, 5) is 11.6. The second-order valence-corrected chi connectivity index (χ2v) is 4.19. The Morgan fingerprint density at radius 2 is 2.33 bits per heavy atom. The van der Waals surface area contributed by atoms with Gasteiger partial charge in [0.05, 0.1) is 6.26 Å². The van der Waals surface area contributed by atoms with Crippen LogP contribution in [-0.4, -0.2) is 26.0 Å². The third kappa shape index (κ3) is 2.39. The predicted octanol–water partition coefficient (Wildman–Crippen LogP) is 1.01. The second kappa shape index (κ2) is 4.06. The minimum absolute atomic E-state index is 0.123. The molecular formula is C11H16N2O2. The highest BCUT2D eigenvalue weighted by Crippen LogP contribution is 2.44. The van der Waals surface area contributed by atoms with Crippen molar-refractivity contribution in [3.8, 4) is 0 Å². The van der Waals surface area contributed by atoms with Gasteiger partial charge < -0.3 is 15.1 Å². The van der Waals surface area contributed by atoms with E-state index in [4.69, 9.17) is 4.42 Å². The summed E-state index contributed by atoms with van der Waals surface area (Å²) in [6.07, 6.45) is 3.88. The molecule has 4 heteroatoms. The Bertz CT molecular complexity index is 328. The van der Waals surface area contributed by atoms with Crippen LogP contribution in [0.5, 0.6) is 0 Å². The van der Waals surface area contributed by atoms with Gasteiger partial charge in [0.1, 0.15) is 0 Å². The van der Waals surface area contributed by atoms with E-state index in [1.54, 1.807) is 12.1 Å². The van der Waals surface area contributed by atoms with Gasteiger partial charge in [-0.15, -0.1) is 0 Å². The Morgan fingerprint density at radius 3 is 2.87 bits per heavy atom. The van der Waals surface area contributed by atoms with Crippen LogP contribution in [0.2, 0.25) is 0 Å². The third-order valence-corrected chi connectivity index (χ3v) is 2.88. The van der Waals surface area contributed by atoms with Crippen molar-refractivity contribution in [1.29, 1.82) is 0 Å². The SMILES string of the molecule is CNCC1(CNC(=O)c2ccco2)CC1. The second-order valence-electron chi connectivity index (χ2n) is 4.19. The number of hydrogen-bond acceptors (Lipinski definition) is 3. The standard InChI is InChI=1S/C11H16N2O2/c1-12-7-11(4-5-11)8-13-10(14)9-3-2-6-15-9/h2-3,6,12H,4-5,7-8H2,1H3,(H,13,14). The highest BCUT2D eigenvalue weighted by Gasteiger charge is 2.42. The van der Waals surface area contributed by atoms with Gasteiger partial charge in [-0.1, -0.05) is 0 Å². The zero-order valence-electron chi connectivity index (χ0n) is 8.88. The van der Waals surface area contributed by atoms with Gasteiger partial charge >= 0.3 is 0 Å². The van der Waals surface area contributed by atoms with Crippen LogP contribution in [0.4, 0.5) is 0 Å². The number of carbonyl (C=O) groups is 1. The Balaban J connectivity index is 1.81. The first-order chi connectivity index (χ1) is 7.26. The maximum atomic E-state index is 11.6. The number of nitrogens with one attached hydrogen (secondary N) is 2. The highest BCUT2D eigenvalue weighted by molar-refractivity contribution is 5.91. The van der Waals surface area contributed by atoms with Gasteiger partial charge in [-0.25, -0.2) is 0 Å². The Morgan fingerprint density at radius 1 is 1.53 bits per heavy atom. The van der Waals surface area contributed by atoms with Crippen molar-refractivity contribution < 1.29 is 9.21 Å². The van der Waals surface area contributed by atoms with Gasteiger partial charge in [0, 0.05) is 18.5 Å². The molecule has 1 aliphatic carbocycles. The first-order valence-electron chi connectivity index (χ1n) is 5.22. The van der Waals surface area contributed by atoms with Crippen LogP contribution in [0.15, 0.2) is 22.8 Å². The van der Waals surface area contributed by atoms with Crippen molar-refractivity contribution in [2.75, 3.05) is 20.1 Å². The van der Waals surface area contributed by atoms with E-state index < -0.39 is 0 Å². The van der Waals surface area contributed by atoms with Crippen molar-refractivity contribution in [3.05, 3.63) is 24.2 Å². The van der Waals surface area contributed by atoms with Crippen LogP contribution in [0.25, 0.3) is 0 Å². The van der Waals surface area contributed by atoms with Gasteiger partial charge in [0.15, 0.2) is 5.76 Å². The Hall–Kier alpha value is -1.29. The molecule has 1 amide bonds. The molecule has 1 fully saturated rings. The largest absolute Gasteiger partial charge is 0.459 e. The fourth-order valence-electron chi connectivity index (χ4n) is 1.73. The molecule has 0 unspecified atom stereocenters. The number of hydrogen-bond donors (Lipinski definition) is 2. The quantitative estimate of drug-likeness (QED) is 0.759. The Labute approximate surface area is 89.0 Å². The van der Waals surface area contributed by atoms with E-state index in [2.05, 4.69) is 10.6 Å². The molecule has 1 aromatic rings. The molecule has 0 aliphatic heterocycles. The van der Waals surface area contributed by atoms with E-state index in [1.807, 2.05) is 7.05 Å². The molecule has 0 saturated heterocycles. The molecule has 0 atom stereocenters. The summed E-state index contributed by atoms with van der Waals surface area (Å²) >= 11 is 0. The van der Waals surface area contributed by atoms with E-state index in [0.29, 0.717) is 5.76 Å². The van der Waals surface area contributed by atoms with Gasteiger partial charge in [-0.05, 0) is 32.0 Å². The van der Waals surface area contributed by atoms with Crippen LogP contribution in [0.1, 0.15) is 23.4 Å². The maximum Gasteiger partial charge on any atom is 0.286 e. The molecule has 1 heterocycles. The van der Waals surface area contributed by atoms with Crippen molar-refractivity contribution in [3.63, 3.8) is 0 Å². The Kier molecular flexibility index (Phi) is 2.77. The first-order valence-corrected chi connectivity index (χ1v) is 5.22. The summed E-state index contributed by atoms with van der Waals surface area (Å²) in [6, 6.07) is 3.39. The molecule has 0 spiro atoms. The van der Waals surface area contributed by atoms with Gasteiger partial charge in [-0.2, -0.15) is 0 Å². The summed E-state index contributed by atoms with van der Waals surface area (Å²) in [5.41, 5.74) is 0.289. The van der Waals surface area contributed by atoms with E-state index in [-0.39, 0.29) is 11.3 Å². The van der Waals surface area contributed by atoms with Gasteiger partial charge in [0.2, 0.25) is 0 Å². The van der Waals surface area contributed by atoms with Crippen LogP contribution in [0.3, 0.4) is 0 Å². The predicted molar refractivity (Wildman–Crippen MR) is 56.6 cm³/mol. The molecule has 0 bridgehead atoms. The molecule has 82 valence electrons. The lowest BCUT2D eigenvalue weighted by Crippen LogP contribution is -2.34. The molecule has 15 heavy (non-hydrogen) atoms. The molecule has 4 nitrogen and oxygen atoms in total. The third-order valence-electron chi connectivity index (χ3n) is 2.88. The zero-order chi connectivity index (χ0) is 10.7.